The first-order valence-electron chi connectivity index (χ1n) is 6.17. The van der Waals surface area contributed by atoms with Crippen molar-refractivity contribution >= 4 is 29.4 Å². The maximum atomic E-state index is 13.4. The second kappa shape index (κ2) is 6.91. The smallest absolute Gasteiger partial charge is 0.411 e. The molecule has 2 aromatic rings. The molecule has 0 saturated heterocycles. The lowest BCUT2D eigenvalue weighted by molar-refractivity contribution is 0.0698. The summed E-state index contributed by atoms with van der Waals surface area (Å²) in [7, 11) is 0. The van der Waals surface area contributed by atoms with Gasteiger partial charge in [0.2, 0.25) is 0 Å². The van der Waals surface area contributed by atoms with Gasteiger partial charge in [-0.2, -0.15) is 0 Å². The molecule has 1 amide bonds. The van der Waals surface area contributed by atoms with E-state index < -0.39 is 17.9 Å². The van der Waals surface area contributed by atoms with E-state index in [9.17, 15) is 14.0 Å². The Bertz CT molecular complexity index is 706. The fourth-order valence-electron chi connectivity index (χ4n) is 1.70. The van der Waals surface area contributed by atoms with Gasteiger partial charge in [0.25, 0.3) is 0 Å². The Morgan fingerprint density at radius 3 is 2.55 bits per heavy atom. The van der Waals surface area contributed by atoms with Gasteiger partial charge in [-0.05, 0) is 17.7 Å². The van der Waals surface area contributed by atoms with Crippen LogP contribution in [0.2, 0.25) is 5.02 Å². The van der Waals surface area contributed by atoms with Gasteiger partial charge in [-0.15, -0.1) is 0 Å². The number of hydrogen-bond donors (Lipinski definition) is 2. The van der Waals surface area contributed by atoms with Crippen LogP contribution in [0.15, 0.2) is 42.5 Å². The number of carboxylic acid groups (broad SMARTS) is 1. The van der Waals surface area contributed by atoms with Crippen LogP contribution in [0.3, 0.4) is 0 Å². The van der Waals surface area contributed by atoms with E-state index in [-0.39, 0.29) is 22.9 Å². The van der Waals surface area contributed by atoms with Gasteiger partial charge in [-0.1, -0.05) is 41.9 Å². The second-order valence-electron chi connectivity index (χ2n) is 4.30. The van der Waals surface area contributed by atoms with Gasteiger partial charge < -0.3 is 9.84 Å². The molecule has 2 aromatic carbocycles. The van der Waals surface area contributed by atoms with Crippen molar-refractivity contribution in [1.29, 1.82) is 0 Å². The van der Waals surface area contributed by atoms with E-state index in [1.165, 1.54) is 0 Å². The van der Waals surface area contributed by atoms with Crippen molar-refractivity contribution in [1.82, 2.24) is 0 Å². The third-order valence-electron chi connectivity index (χ3n) is 2.74. The van der Waals surface area contributed by atoms with Crippen molar-refractivity contribution in [2.45, 2.75) is 6.61 Å². The average Bonchev–Trinajstić information content (AvgIpc) is 2.49. The highest BCUT2D eigenvalue weighted by Gasteiger charge is 2.16. The number of anilines is 1. The van der Waals surface area contributed by atoms with Crippen LogP contribution < -0.4 is 5.32 Å². The fraction of sp³-hybridized carbons (Fsp3) is 0.0667. The highest BCUT2D eigenvalue weighted by Crippen LogP contribution is 2.24. The molecular formula is C15H11ClFNO4. The van der Waals surface area contributed by atoms with Gasteiger partial charge in [0.15, 0.2) is 0 Å². The summed E-state index contributed by atoms with van der Waals surface area (Å²) in [5.74, 6) is -2.19. The van der Waals surface area contributed by atoms with Crippen molar-refractivity contribution in [2.24, 2.45) is 0 Å². The summed E-state index contributed by atoms with van der Waals surface area (Å²) in [5.41, 5.74) is 0.203. The average molecular weight is 324 g/mol. The monoisotopic (exact) mass is 323 g/mol. The Morgan fingerprint density at radius 1 is 1.23 bits per heavy atom. The van der Waals surface area contributed by atoms with Crippen LogP contribution in [0.5, 0.6) is 0 Å². The zero-order valence-corrected chi connectivity index (χ0v) is 11.9. The molecule has 0 radical (unpaired) electrons. The highest BCUT2D eigenvalue weighted by atomic mass is 35.5. The molecule has 5 nitrogen and oxygen atoms in total. The van der Waals surface area contributed by atoms with Crippen LogP contribution in [0, 0.1) is 5.82 Å². The summed E-state index contributed by atoms with van der Waals surface area (Å²) in [4.78, 5) is 22.7. The Hall–Kier alpha value is -2.60. The Kier molecular flexibility index (Phi) is 4.95. The number of rotatable bonds is 4. The van der Waals surface area contributed by atoms with E-state index in [2.05, 4.69) is 5.32 Å². The van der Waals surface area contributed by atoms with Crippen LogP contribution in [0.1, 0.15) is 15.9 Å². The fourth-order valence-corrected chi connectivity index (χ4v) is 1.86. The van der Waals surface area contributed by atoms with Gasteiger partial charge in [0.1, 0.15) is 12.4 Å². The second-order valence-corrected chi connectivity index (χ2v) is 4.71. The quantitative estimate of drug-likeness (QED) is 0.894. The molecule has 0 spiro atoms. The molecule has 0 bridgehead atoms. The zero-order chi connectivity index (χ0) is 16.1. The molecule has 0 unspecified atom stereocenters. The molecule has 2 rings (SSSR count). The van der Waals surface area contributed by atoms with Gasteiger partial charge >= 0.3 is 12.1 Å². The summed E-state index contributed by atoms with van der Waals surface area (Å²) >= 11 is 5.53. The van der Waals surface area contributed by atoms with Gasteiger partial charge in [0, 0.05) is 0 Å². The first-order valence-corrected chi connectivity index (χ1v) is 6.55. The lowest BCUT2D eigenvalue weighted by Crippen LogP contribution is -2.16. The number of nitrogens with one attached hydrogen (secondary N) is 1. The number of ether oxygens (including phenoxy) is 1. The molecule has 0 heterocycles. The third kappa shape index (κ3) is 3.95. The topological polar surface area (TPSA) is 75.6 Å². The van der Waals surface area contributed by atoms with E-state index in [1.54, 1.807) is 24.3 Å². The van der Waals surface area contributed by atoms with E-state index in [1.807, 2.05) is 6.07 Å². The Balaban J connectivity index is 2.08. The summed E-state index contributed by atoms with van der Waals surface area (Å²) in [6.45, 7) is 0.00511. The minimum absolute atomic E-state index is 0.00511. The maximum Gasteiger partial charge on any atom is 0.411 e. The minimum atomic E-state index is -1.35. The molecule has 114 valence electrons. The van der Waals surface area contributed by atoms with Gasteiger partial charge in [-0.25, -0.2) is 14.0 Å². The molecule has 0 saturated carbocycles. The van der Waals surface area contributed by atoms with Crippen LogP contribution in [0.25, 0.3) is 0 Å². The number of hydrogen-bond acceptors (Lipinski definition) is 3. The number of halogens is 2. The molecule has 0 aliphatic carbocycles. The largest absolute Gasteiger partial charge is 0.478 e. The lowest BCUT2D eigenvalue weighted by Gasteiger charge is -2.10. The molecule has 0 aliphatic heterocycles. The molecule has 0 fully saturated rings. The predicted octanol–water partition coefficient (Wildman–Crippen LogP) is 3.93. The molecule has 0 aromatic heterocycles. The predicted molar refractivity (Wildman–Crippen MR) is 78.6 cm³/mol. The summed E-state index contributed by atoms with van der Waals surface area (Å²) in [6.07, 6.45) is -0.895. The van der Waals surface area contributed by atoms with Gasteiger partial charge in [-0.3, -0.25) is 5.32 Å². The van der Waals surface area contributed by atoms with Crippen molar-refractivity contribution in [2.75, 3.05) is 5.32 Å². The molecule has 0 aliphatic rings. The van der Waals surface area contributed by atoms with Crippen LogP contribution >= 0.6 is 11.6 Å². The van der Waals surface area contributed by atoms with Crippen LogP contribution in [0.4, 0.5) is 14.9 Å². The highest BCUT2D eigenvalue weighted by molar-refractivity contribution is 6.31. The first-order chi connectivity index (χ1) is 10.5. The summed E-state index contributed by atoms with van der Waals surface area (Å²) < 4.78 is 18.3. The van der Waals surface area contributed by atoms with Gasteiger partial charge in [0.05, 0.1) is 16.3 Å². The van der Waals surface area contributed by atoms with Crippen molar-refractivity contribution < 1.29 is 23.8 Å². The van der Waals surface area contributed by atoms with Crippen molar-refractivity contribution in [3.63, 3.8) is 0 Å². The SMILES string of the molecule is O=C(Nc1cc(F)c(Cl)cc1C(=O)O)OCc1ccccc1. The van der Waals surface area contributed by atoms with E-state index in [0.29, 0.717) is 0 Å². The molecular weight excluding hydrogens is 313 g/mol. The summed E-state index contributed by atoms with van der Waals surface area (Å²) in [6, 6.07) is 10.7. The van der Waals surface area contributed by atoms with Crippen LogP contribution in [-0.2, 0) is 11.3 Å². The number of benzene rings is 2. The molecule has 7 heteroatoms. The Labute approximate surface area is 130 Å². The zero-order valence-electron chi connectivity index (χ0n) is 11.2. The number of carboxylic acids is 1. The van der Waals surface area contributed by atoms with E-state index >= 15 is 0 Å². The van der Waals surface area contributed by atoms with Crippen molar-refractivity contribution in [3.05, 3.63) is 64.4 Å². The van der Waals surface area contributed by atoms with Crippen LogP contribution in [-0.4, -0.2) is 17.2 Å². The number of aromatic carboxylic acids is 1. The van der Waals surface area contributed by atoms with E-state index in [4.69, 9.17) is 21.4 Å². The number of amides is 1. The maximum absolute atomic E-state index is 13.4. The Morgan fingerprint density at radius 2 is 1.91 bits per heavy atom. The molecule has 0 atom stereocenters. The lowest BCUT2D eigenvalue weighted by atomic mass is 10.1. The standard InChI is InChI=1S/C15H11ClFNO4/c16-11-6-10(14(19)20)13(7-12(11)17)18-15(21)22-8-9-4-2-1-3-5-9/h1-7H,8H2,(H,18,21)(H,19,20). The third-order valence-corrected chi connectivity index (χ3v) is 3.03. The minimum Gasteiger partial charge on any atom is -0.478 e. The van der Waals surface area contributed by atoms with Crippen molar-refractivity contribution in [3.8, 4) is 0 Å². The first kappa shape index (κ1) is 15.8. The summed E-state index contributed by atoms with van der Waals surface area (Å²) in [5, 5.41) is 10.9. The molecule has 2 N–H and O–H groups in total. The normalized spacial score (nSPS) is 10.1. The number of carbonyl (C=O) groups is 2. The van der Waals surface area contributed by atoms with E-state index in [0.717, 1.165) is 17.7 Å². The molecule has 22 heavy (non-hydrogen) atoms. The number of carbonyl (C=O) groups excluding carboxylic acids is 1.